The maximum Gasteiger partial charge on any atom is 0.238 e. The number of carbonyl (C=O) groups excluding carboxylic acids is 1. The average molecular weight is 370 g/mol. The van der Waals surface area contributed by atoms with Gasteiger partial charge in [0.2, 0.25) is 5.91 Å². The van der Waals surface area contributed by atoms with Gasteiger partial charge in [0.1, 0.15) is 5.25 Å². The minimum atomic E-state index is -0.252. The Morgan fingerprint density at radius 2 is 1.85 bits per heavy atom. The molecule has 2 aromatic rings. The fourth-order valence-corrected chi connectivity index (χ4v) is 5.05. The molecule has 0 radical (unpaired) electrons. The second kappa shape index (κ2) is 7.47. The summed E-state index contributed by atoms with van der Waals surface area (Å²) in [5.41, 5.74) is 3.37. The van der Waals surface area contributed by atoms with Crippen molar-refractivity contribution in [1.82, 2.24) is 14.9 Å². The third kappa shape index (κ3) is 3.68. The van der Waals surface area contributed by atoms with Crippen LogP contribution in [0.1, 0.15) is 66.8 Å². The first-order valence-electron chi connectivity index (χ1n) is 9.71. The molecule has 1 atom stereocenters. The van der Waals surface area contributed by atoms with E-state index >= 15 is 0 Å². The van der Waals surface area contributed by atoms with Gasteiger partial charge in [0.05, 0.1) is 5.69 Å². The van der Waals surface area contributed by atoms with E-state index in [2.05, 4.69) is 23.7 Å². The number of rotatable bonds is 6. The van der Waals surface area contributed by atoms with E-state index in [1.165, 1.54) is 31.4 Å². The molecule has 1 N–H and O–H groups in total. The number of hydrogen-bond acceptors (Lipinski definition) is 3. The number of hydrogen-bond donors (Lipinski definition) is 1. The Kier molecular flexibility index (Phi) is 5.07. The summed E-state index contributed by atoms with van der Waals surface area (Å²) in [5.74, 6) is 0.111. The molecule has 4 rings (SSSR count). The molecule has 5 heteroatoms. The van der Waals surface area contributed by atoms with Gasteiger partial charge in [-0.2, -0.15) is 0 Å². The predicted octanol–water partition coefficient (Wildman–Crippen LogP) is 4.73. The number of nitrogens with zero attached hydrogens (tertiary/aromatic N) is 2. The van der Waals surface area contributed by atoms with Crippen molar-refractivity contribution in [3.05, 3.63) is 47.3 Å². The lowest BCUT2D eigenvalue weighted by Gasteiger charge is -2.20. The molecule has 0 aliphatic heterocycles. The highest BCUT2D eigenvalue weighted by molar-refractivity contribution is 8.00. The van der Waals surface area contributed by atoms with Crippen LogP contribution in [0, 0.1) is 13.8 Å². The van der Waals surface area contributed by atoms with Gasteiger partial charge in [-0.1, -0.05) is 54.9 Å². The fourth-order valence-electron chi connectivity index (χ4n) is 3.78. The molecule has 1 heterocycles. The van der Waals surface area contributed by atoms with Crippen molar-refractivity contribution in [2.75, 3.05) is 0 Å². The SMILES string of the molecule is Cc1nc(SC(C(=O)NC2CC2)c2ccccc2)n(C2CCCC2)c1C. The molecule has 0 bridgehead atoms. The molecule has 2 aliphatic carbocycles. The number of thioether (sulfide) groups is 1. The van der Waals surface area contributed by atoms with E-state index < -0.39 is 0 Å². The zero-order valence-corrected chi connectivity index (χ0v) is 16.4. The van der Waals surface area contributed by atoms with Crippen molar-refractivity contribution in [3.63, 3.8) is 0 Å². The summed E-state index contributed by atoms with van der Waals surface area (Å²) in [7, 11) is 0. The molecule has 138 valence electrons. The molecule has 2 saturated carbocycles. The van der Waals surface area contributed by atoms with Crippen LogP contribution in [0.3, 0.4) is 0 Å². The van der Waals surface area contributed by atoms with Crippen LogP contribution >= 0.6 is 11.8 Å². The Labute approximate surface area is 159 Å². The third-order valence-electron chi connectivity index (χ3n) is 5.53. The molecule has 26 heavy (non-hydrogen) atoms. The molecule has 1 unspecified atom stereocenters. The molecular weight excluding hydrogens is 342 g/mol. The highest BCUT2D eigenvalue weighted by Gasteiger charge is 2.31. The summed E-state index contributed by atoms with van der Waals surface area (Å²) >= 11 is 1.61. The molecule has 1 aromatic heterocycles. The van der Waals surface area contributed by atoms with E-state index in [-0.39, 0.29) is 11.2 Å². The van der Waals surface area contributed by atoms with E-state index in [1.54, 1.807) is 11.8 Å². The number of carbonyl (C=O) groups is 1. The average Bonchev–Trinajstić information content (AvgIpc) is 3.20. The van der Waals surface area contributed by atoms with E-state index in [4.69, 9.17) is 4.98 Å². The quantitative estimate of drug-likeness (QED) is 0.749. The maximum absolute atomic E-state index is 13.0. The van der Waals surface area contributed by atoms with Crippen LogP contribution in [-0.4, -0.2) is 21.5 Å². The van der Waals surface area contributed by atoms with Crippen molar-refractivity contribution < 1.29 is 4.79 Å². The minimum Gasteiger partial charge on any atom is -0.352 e. The largest absolute Gasteiger partial charge is 0.352 e. The van der Waals surface area contributed by atoms with Gasteiger partial charge < -0.3 is 9.88 Å². The van der Waals surface area contributed by atoms with Crippen molar-refractivity contribution >= 4 is 17.7 Å². The van der Waals surface area contributed by atoms with Gasteiger partial charge in [-0.3, -0.25) is 4.79 Å². The van der Waals surface area contributed by atoms with Crippen molar-refractivity contribution in [3.8, 4) is 0 Å². The van der Waals surface area contributed by atoms with E-state index in [9.17, 15) is 4.79 Å². The predicted molar refractivity (Wildman–Crippen MR) is 105 cm³/mol. The van der Waals surface area contributed by atoms with Crippen molar-refractivity contribution in [2.45, 2.75) is 74.9 Å². The Morgan fingerprint density at radius 3 is 2.50 bits per heavy atom. The summed E-state index contributed by atoms with van der Waals surface area (Å²) in [6, 6.07) is 11.0. The van der Waals surface area contributed by atoms with Crippen LogP contribution in [0.5, 0.6) is 0 Å². The standard InChI is InChI=1S/C21H27N3OS/c1-14-15(2)24(18-10-6-7-11-18)21(22-14)26-19(16-8-4-3-5-9-16)20(25)23-17-12-13-17/h3-5,8-9,17-19H,6-7,10-13H2,1-2H3,(H,23,25). The topological polar surface area (TPSA) is 46.9 Å². The summed E-state index contributed by atoms with van der Waals surface area (Å²) in [5, 5.41) is 3.93. The minimum absolute atomic E-state index is 0.111. The van der Waals surface area contributed by atoms with Gasteiger partial charge in [-0.15, -0.1) is 0 Å². The number of aromatic nitrogens is 2. The highest BCUT2D eigenvalue weighted by atomic mass is 32.2. The first-order valence-corrected chi connectivity index (χ1v) is 10.6. The summed E-state index contributed by atoms with van der Waals surface area (Å²) in [6.07, 6.45) is 7.22. The van der Waals surface area contributed by atoms with Gasteiger partial charge in [0.25, 0.3) is 0 Å². The van der Waals surface area contributed by atoms with Crippen LogP contribution in [-0.2, 0) is 4.79 Å². The Morgan fingerprint density at radius 1 is 1.15 bits per heavy atom. The molecule has 2 aliphatic rings. The number of nitrogens with one attached hydrogen (secondary N) is 1. The zero-order chi connectivity index (χ0) is 18.1. The Balaban J connectivity index is 1.65. The number of imidazole rings is 1. The van der Waals surface area contributed by atoms with Crippen molar-refractivity contribution in [2.24, 2.45) is 0 Å². The van der Waals surface area contributed by atoms with Crippen LogP contribution in [0.2, 0.25) is 0 Å². The third-order valence-corrected chi connectivity index (χ3v) is 6.75. The second-order valence-corrected chi connectivity index (χ2v) is 8.64. The lowest BCUT2D eigenvalue weighted by atomic mass is 10.1. The monoisotopic (exact) mass is 369 g/mol. The maximum atomic E-state index is 13.0. The van der Waals surface area contributed by atoms with Gasteiger partial charge >= 0.3 is 0 Å². The first-order chi connectivity index (χ1) is 12.6. The summed E-state index contributed by atoms with van der Waals surface area (Å²) in [4.78, 5) is 17.8. The summed E-state index contributed by atoms with van der Waals surface area (Å²) < 4.78 is 2.40. The lowest BCUT2D eigenvalue weighted by molar-refractivity contribution is -0.120. The zero-order valence-electron chi connectivity index (χ0n) is 15.6. The molecule has 0 saturated heterocycles. The van der Waals surface area contributed by atoms with Gasteiger partial charge in [0.15, 0.2) is 5.16 Å². The van der Waals surface area contributed by atoms with Gasteiger partial charge in [0, 0.05) is 17.8 Å². The number of amides is 1. The molecule has 1 amide bonds. The van der Waals surface area contributed by atoms with Crippen LogP contribution in [0.25, 0.3) is 0 Å². The van der Waals surface area contributed by atoms with E-state index in [0.717, 1.165) is 29.3 Å². The Hall–Kier alpha value is -1.75. The van der Waals surface area contributed by atoms with E-state index in [0.29, 0.717) is 12.1 Å². The van der Waals surface area contributed by atoms with Crippen LogP contribution in [0.15, 0.2) is 35.5 Å². The van der Waals surface area contributed by atoms with Crippen LogP contribution in [0.4, 0.5) is 0 Å². The van der Waals surface area contributed by atoms with Crippen molar-refractivity contribution in [1.29, 1.82) is 0 Å². The molecule has 2 fully saturated rings. The second-order valence-electron chi connectivity index (χ2n) is 7.56. The number of benzene rings is 1. The number of aryl methyl sites for hydroxylation is 1. The lowest BCUT2D eigenvalue weighted by Crippen LogP contribution is -2.30. The molecule has 1 aromatic carbocycles. The molecule has 4 nitrogen and oxygen atoms in total. The fraction of sp³-hybridized carbons (Fsp3) is 0.524. The Bertz CT molecular complexity index is 776. The first kappa shape index (κ1) is 17.7. The van der Waals surface area contributed by atoms with Gasteiger partial charge in [-0.05, 0) is 45.1 Å². The van der Waals surface area contributed by atoms with Gasteiger partial charge in [-0.25, -0.2) is 4.98 Å². The normalized spacial score (nSPS) is 18.8. The smallest absolute Gasteiger partial charge is 0.238 e. The molecule has 0 spiro atoms. The summed E-state index contributed by atoms with van der Waals surface area (Å²) in [6.45, 7) is 4.24. The molecular formula is C21H27N3OS. The van der Waals surface area contributed by atoms with Crippen LogP contribution < -0.4 is 5.32 Å². The highest BCUT2D eigenvalue weighted by Crippen LogP contribution is 2.41. The van der Waals surface area contributed by atoms with E-state index in [1.807, 2.05) is 30.3 Å².